The average Bonchev–Trinajstić information content (AvgIpc) is 2.08. The van der Waals surface area contributed by atoms with E-state index < -0.39 is 0 Å². The molecule has 1 aliphatic rings. The molecule has 1 unspecified atom stereocenters. The van der Waals surface area contributed by atoms with Crippen LogP contribution in [0.4, 0.5) is 0 Å². The molecule has 0 aromatic heterocycles. The number of nitrogens with one attached hydrogen (secondary N) is 1. The normalized spacial score (nSPS) is 26.1. The topological polar surface area (TPSA) is 24.5 Å². The van der Waals surface area contributed by atoms with Gasteiger partial charge in [0, 0.05) is 31.7 Å². The van der Waals surface area contributed by atoms with Crippen LogP contribution < -0.4 is 5.32 Å². The summed E-state index contributed by atoms with van der Waals surface area (Å²) in [6.45, 7) is 18.5. The second-order valence-corrected chi connectivity index (χ2v) is 6.94. The van der Waals surface area contributed by atoms with Crippen LogP contribution in [0.3, 0.4) is 0 Å². The Labute approximate surface area is 107 Å². The molecular formula is C14H30N2O. The average molecular weight is 242 g/mol. The van der Waals surface area contributed by atoms with E-state index in [4.69, 9.17) is 4.74 Å². The molecule has 0 bridgehead atoms. The molecule has 1 fully saturated rings. The van der Waals surface area contributed by atoms with Crippen molar-refractivity contribution in [2.75, 3.05) is 19.6 Å². The molecule has 0 spiro atoms. The van der Waals surface area contributed by atoms with Gasteiger partial charge in [-0.15, -0.1) is 0 Å². The fourth-order valence-electron chi connectivity index (χ4n) is 2.69. The van der Waals surface area contributed by atoms with Gasteiger partial charge in [-0.25, -0.2) is 0 Å². The third-order valence-corrected chi connectivity index (χ3v) is 3.17. The predicted molar refractivity (Wildman–Crippen MR) is 73.4 cm³/mol. The van der Waals surface area contributed by atoms with Crippen LogP contribution in [0.15, 0.2) is 0 Å². The fourth-order valence-corrected chi connectivity index (χ4v) is 2.69. The summed E-state index contributed by atoms with van der Waals surface area (Å²) >= 11 is 0. The largest absolute Gasteiger partial charge is 0.367 e. The number of rotatable bonds is 4. The first kappa shape index (κ1) is 14.9. The summed E-state index contributed by atoms with van der Waals surface area (Å²) in [7, 11) is 0. The Balaban J connectivity index is 2.58. The summed E-state index contributed by atoms with van der Waals surface area (Å²) in [6.07, 6.45) is 0. The lowest BCUT2D eigenvalue weighted by Gasteiger charge is -2.49. The molecule has 0 radical (unpaired) electrons. The number of ether oxygens (including phenoxy) is 1. The zero-order chi connectivity index (χ0) is 13.3. The van der Waals surface area contributed by atoms with Crippen molar-refractivity contribution in [2.24, 2.45) is 0 Å². The van der Waals surface area contributed by atoms with Gasteiger partial charge in [-0.3, -0.25) is 4.90 Å². The van der Waals surface area contributed by atoms with E-state index in [-0.39, 0.29) is 11.2 Å². The standard InChI is InChI=1S/C14H30N2O/c1-11(2)15-8-12(3)16-9-13(4,5)17-14(6,7)10-16/h11-12,15H,8-10H2,1-7H3. The monoisotopic (exact) mass is 242 g/mol. The highest BCUT2D eigenvalue weighted by atomic mass is 16.5. The van der Waals surface area contributed by atoms with E-state index in [0.29, 0.717) is 12.1 Å². The van der Waals surface area contributed by atoms with Crippen molar-refractivity contribution in [2.45, 2.75) is 71.8 Å². The predicted octanol–water partition coefficient (Wildman–Crippen LogP) is 2.26. The second kappa shape index (κ2) is 5.25. The fraction of sp³-hybridized carbons (Fsp3) is 1.00. The highest BCUT2D eigenvalue weighted by Gasteiger charge is 2.39. The molecule has 1 aliphatic heterocycles. The van der Waals surface area contributed by atoms with Gasteiger partial charge >= 0.3 is 0 Å². The number of hydrogen-bond donors (Lipinski definition) is 1. The lowest BCUT2D eigenvalue weighted by atomic mass is 9.97. The van der Waals surface area contributed by atoms with E-state index in [9.17, 15) is 0 Å². The molecule has 0 aromatic carbocycles. The summed E-state index contributed by atoms with van der Waals surface area (Å²) in [5, 5.41) is 3.51. The molecule has 3 nitrogen and oxygen atoms in total. The van der Waals surface area contributed by atoms with E-state index in [1.165, 1.54) is 0 Å². The van der Waals surface area contributed by atoms with E-state index in [1.807, 2.05) is 0 Å². The molecule has 1 atom stereocenters. The van der Waals surface area contributed by atoms with Gasteiger partial charge < -0.3 is 10.1 Å². The summed E-state index contributed by atoms with van der Waals surface area (Å²) in [6, 6.07) is 1.11. The maximum Gasteiger partial charge on any atom is 0.0760 e. The van der Waals surface area contributed by atoms with Crippen LogP contribution in [0.25, 0.3) is 0 Å². The van der Waals surface area contributed by atoms with Gasteiger partial charge in [0.2, 0.25) is 0 Å². The van der Waals surface area contributed by atoms with Gasteiger partial charge in [0.25, 0.3) is 0 Å². The van der Waals surface area contributed by atoms with E-state index >= 15 is 0 Å². The highest BCUT2D eigenvalue weighted by Crippen LogP contribution is 2.28. The third-order valence-electron chi connectivity index (χ3n) is 3.17. The molecular weight excluding hydrogens is 212 g/mol. The van der Waals surface area contributed by atoms with Crippen LogP contribution in [0.1, 0.15) is 48.5 Å². The lowest BCUT2D eigenvalue weighted by molar-refractivity contribution is -0.186. The Morgan fingerprint density at radius 2 is 1.53 bits per heavy atom. The van der Waals surface area contributed by atoms with Crippen LogP contribution in [-0.2, 0) is 4.74 Å². The van der Waals surface area contributed by atoms with Crippen molar-refractivity contribution < 1.29 is 4.74 Å². The minimum atomic E-state index is -0.0478. The number of nitrogens with zero attached hydrogens (tertiary/aromatic N) is 1. The van der Waals surface area contributed by atoms with Crippen LogP contribution in [0.2, 0.25) is 0 Å². The zero-order valence-corrected chi connectivity index (χ0v) is 12.6. The molecule has 1 rings (SSSR count). The first-order valence-corrected chi connectivity index (χ1v) is 6.79. The van der Waals surface area contributed by atoms with Gasteiger partial charge in [-0.1, -0.05) is 13.8 Å². The van der Waals surface area contributed by atoms with Gasteiger partial charge in [0.1, 0.15) is 0 Å². The third kappa shape index (κ3) is 4.94. The van der Waals surface area contributed by atoms with Gasteiger partial charge in [-0.2, -0.15) is 0 Å². The summed E-state index contributed by atoms with van der Waals surface area (Å²) in [5.74, 6) is 0. The molecule has 3 heteroatoms. The second-order valence-electron chi connectivity index (χ2n) is 6.94. The highest BCUT2D eigenvalue weighted by molar-refractivity contribution is 4.91. The minimum absolute atomic E-state index is 0.0478. The summed E-state index contributed by atoms with van der Waals surface area (Å²) in [4.78, 5) is 2.54. The SMILES string of the molecule is CC(C)NCC(C)N1CC(C)(C)OC(C)(C)C1. The Morgan fingerprint density at radius 3 is 1.94 bits per heavy atom. The molecule has 0 saturated carbocycles. The first-order chi connectivity index (χ1) is 7.61. The van der Waals surface area contributed by atoms with Crippen molar-refractivity contribution in [3.05, 3.63) is 0 Å². The van der Waals surface area contributed by atoms with Crippen molar-refractivity contribution >= 4 is 0 Å². The van der Waals surface area contributed by atoms with Crippen molar-refractivity contribution in [1.82, 2.24) is 10.2 Å². The van der Waals surface area contributed by atoms with E-state index in [0.717, 1.165) is 19.6 Å². The smallest absolute Gasteiger partial charge is 0.0760 e. The van der Waals surface area contributed by atoms with Crippen molar-refractivity contribution in [1.29, 1.82) is 0 Å². The van der Waals surface area contributed by atoms with Gasteiger partial charge in [0.15, 0.2) is 0 Å². The number of hydrogen-bond acceptors (Lipinski definition) is 3. The molecule has 102 valence electrons. The van der Waals surface area contributed by atoms with Gasteiger partial charge in [0.05, 0.1) is 11.2 Å². The Hall–Kier alpha value is -0.120. The first-order valence-electron chi connectivity index (χ1n) is 6.79. The molecule has 0 aliphatic carbocycles. The molecule has 17 heavy (non-hydrogen) atoms. The van der Waals surface area contributed by atoms with Crippen LogP contribution in [-0.4, -0.2) is 47.8 Å². The van der Waals surface area contributed by atoms with E-state index in [1.54, 1.807) is 0 Å². The lowest BCUT2D eigenvalue weighted by Crippen LogP contribution is -2.60. The van der Waals surface area contributed by atoms with E-state index in [2.05, 4.69) is 58.7 Å². The van der Waals surface area contributed by atoms with Crippen LogP contribution >= 0.6 is 0 Å². The molecule has 0 amide bonds. The summed E-state index contributed by atoms with van der Waals surface area (Å²) in [5.41, 5.74) is -0.0956. The molecule has 1 heterocycles. The van der Waals surface area contributed by atoms with Crippen LogP contribution in [0, 0.1) is 0 Å². The molecule has 1 saturated heterocycles. The maximum atomic E-state index is 6.11. The minimum Gasteiger partial charge on any atom is -0.367 e. The van der Waals surface area contributed by atoms with Crippen LogP contribution in [0.5, 0.6) is 0 Å². The van der Waals surface area contributed by atoms with Gasteiger partial charge in [-0.05, 0) is 34.6 Å². The molecule has 0 aromatic rings. The Kier molecular flexibility index (Phi) is 4.61. The maximum absolute atomic E-state index is 6.11. The Morgan fingerprint density at radius 1 is 1.06 bits per heavy atom. The molecule has 1 N–H and O–H groups in total. The van der Waals surface area contributed by atoms with Crippen molar-refractivity contribution in [3.8, 4) is 0 Å². The number of morpholine rings is 1. The zero-order valence-electron chi connectivity index (χ0n) is 12.6. The summed E-state index contributed by atoms with van der Waals surface area (Å²) < 4.78 is 6.11. The Bertz CT molecular complexity index is 233. The van der Waals surface area contributed by atoms with Crippen molar-refractivity contribution in [3.63, 3.8) is 0 Å². The quantitative estimate of drug-likeness (QED) is 0.818.